The van der Waals surface area contributed by atoms with Crippen LogP contribution >= 0.6 is 11.3 Å². The average molecular weight is 240 g/mol. The molecule has 2 rings (SSSR count). The van der Waals surface area contributed by atoms with Crippen LogP contribution in [0.5, 0.6) is 0 Å². The van der Waals surface area contributed by atoms with E-state index in [0.717, 1.165) is 45.4 Å². The van der Waals surface area contributed by atoms with Crippen molar-refractivity contribution in [1.82, 2.24) is 4.98 Å². The quantitative estimate of drug-likeness (QED) is 0.878. The largest absolute Gasteiger partial charge is 0.381 e. The fourth-order valence-electron chi connectivity index (χ4n) is 2.17. The fraction of sp³-hybridized carbons (Fsp3) is 0.750. The highest BCUT2D eigenvalue weighted by atomic mass is 32.1. The van der Waals surface area contributed by atoms with Crippen molar-refractivity contribution in [2.24, 2.45) is 5.73 Å². The van der Waals surface area contributed by atoms with Gasteiger partial charge in [0.1, 0.15) is 0 Å². The molecule has 0 unspecified atom stereocenters. The molecule has 1 fully saturated rings. The molecule has 1 aliphatic rings. The SMILES string of the molecule is Cc1sc(CCCN)nc1C1CCOCC1. The molecule has 0 aromatic carbocycles. The zero-order valence-electron chi connectivity index (χ0n) is 9.87. The second-order valence-electron chi connectivity index (χ2n) is 4.33. The summed E-state index contributed by atoms with van der Waals surface area (Å²) in [6.07, 6.45) is 4.33. The number of hydrogen-bond donors (Lipinski definition) is 1. The lowest BCUT2D eigenvalue weighted by Gasteiger charge is -2.20. The maximum absolute atomic E-state index is 5.52. The molecule has 1 aromatic heterocycles. The summed E-state index contributed by atoms with van der Waals surface area (Å²) in [5.41, 5.74) is 6.84. The van der Waals surface area contributed by atoms with Gasteiger partial charge in [0.15, 0.2) is 0 Å². The van der Waals surface area contributed by atoms with Crippen LogP contribution < -0.4 is 5.73 Å². The van der Waals surface area contributed by atoms with Crippen molar-refractivity contribution in [3.8, 4) is 0 Å². The van der Waals surface area contributed by atoms with Gasteiger partial charge in [-0.05, 0) is 32.7 Å². The second kappa shape index (κ2) is 5.75. The van der Waals surface area contributed by atoms with Gasteiger partial charge in [-0.25, -0.2) is 4.98 Å². The molecule has 2 N–H and O–H groups in total. The molecule has 0 bridgehead atoms. The number of rotatable bonds is 4. The van der Waals surface area contributed by atoms with E-state index in [-0.39, 0.29) is 0 Å². The summed E-state index contributed by atoms with van der Waals surface area (Å²) >= 11 is 1.84. The normalized spacial score (nSPS) is 17.9. The van der Waals surface area contributed by atoms with Gasteiger partial charge in [0.25, 0.3) is 0 Å². The van der Waals surface area contributed by atoms with E-state index >= 15 is 0 Å². The number of nitrogens with zero attached hydrogens (tertiary/aromatic N) is 1. The van der Waals surface area contributed by atoms with Crippen molar-refractivity contribution in [2.45, 2.75) is 38.5 Å². The maximum atomic E-state index is 5.52. The van der Waals surface area contributed by atoms with Gasteiger partial charge in [-0.15, -0.1) is 11.3 Å². The molecule has 0 saturated carbocycles. The number of thiazole rings is 1. The molecule has 16 heavy (non-hydrogen) atoms. The van der Waals surface area contributed by atoms with Crippen molar-refractivity contribution >= 4 is 11.3 Å². The Morgan fingerprint density at radius 2 is 2.19 bits per heavy atom. The van der Waals surface area contributed by atoms with Crippen LogP contribution in [-0.2, 0) is 11.2 Å². The Labute approximate surface area is 101 Å². The summed E-state index contributed by atoms with van der Waals surface area (Å²) in [5.74, 6) is 0.622. The first kappa shape index (κ1) is 12.0. The number of nitrogens with two attached hydrogens (primary N) is 1. The highest BCUT2D eigenvalue weighted by Crippen LogP contribution is 2.31. The molecule has 90 valence electrons. The van der Waals surface area contributed by atoms with Crippen molar-refractivity contribution in [3.05, 3.63) is 15.6 Å². The summed E-state index contributed by atoms with van der Waals surface area (Å²) < 4.78 is 5.39. The van der Waals surface area contributed by atoms with Crippen LogP contribution in [0, 0.1) is 6.92 Å². The van der Waals surface area contributed by atoms with Crippen molar-refractivity contribution < 1.29 is 4.74 Å². The monoisotopic (exact) mass is 240 g/mol. The molecular weight excluding hydrogens is 220 g/mol. The standard InChI is InChI=1S/C12H20N2OS/c1-9-12(10-4-7-15-8-5-10)14-11(16-9)3-2-6-13/h10H,2-8,13H2,1H3. The Morgan fingerprint density at radius 1 is 1.44 bits per heavy atom. The zero-order valence-corrected chi connectivity index (χ0v) is 10.7. The van der Waals surface area contributed by atoms with Crippen LogP contribution in [0.3, 0.4) is 0 Å². The van der Waals surface area contributed by atoms with Gasteiger partial charge in [-0.3, -0.25) is 0 Å². The van der Waals surface area contributed by atoms with Gasteiger partial charge in [0, 0.05) is 30.4 Å². The van der Waals surface area contributed by atoms with Crippen LogP contribution in [0.2, 0.25) is 0 Å². The van der Waals surface area contributed by atoms with Gasteiger partial charge in [-0.1, -0.05) is 0 Å². The van der Waals surface area contributed by atoms with E-state index in [1.54, 1.807) is 0 Å². The molecule has 1 aromatic rings. The molecule has 0 atom stereocenters. The minimum absolute atomic E-state index is 0.622. The number of aryl methyl sites for hydroxylation is 2. The van der Waals surface area contributed by atoms with E-state index in [1.807, 2.05) is 11.3 Å². The molecule has 0 spiro atoms. The third kappa shape index (κ3) is 2.81. The van der Waals surface area contributed by atoms with Crippen molar-refractivity contribution in [1.29, 1.82) is 0 Å². The predicted molar refractivity (Wildman–Crippen MR) is 67.0 cm³/mol. The zero-order chi connectivity index (χ0) is 11.4. The molecule has 1 aliphatic heterocycles. The van der Waals surface area contributed by atoms with Gasteiger partial charge in [0.2, 0.25) is 0 Å². The fourth-order valence-corrected chi connectivity index (χ4v) is 3.24. The third-order valence-corrected chi connectivity index (χ3v) is 4.13. The van der Waals surface area contributed by atoms with Crippen LogP contribution in [0.25, 0.3) is 0 Å². The van der Waals surface area contributed by atoms with E-state index < -0.39 is 0 Å². The topological polar surface area (TPSA) is 48.1 Å². The Morgan fingerprint density at radius 3 is 2.88 bits per heavy atom. The minimum atomic E-state index is 0.622. The van der Waals surface area contributed by atoms with E-state index in [2.05, 4.69) is 6.92 Å². The molecule has 2 heterocycles. The maximum Gasteiger partial charge on any atom is 0.0931 e. The number of ether oxygens (including phenoxy) is 1. The van der Waals surface area contributed by atoms with E-state index in [9.17, 15) is 0 Å². The summed E-state index contributed by atoms with van der Waals surface area (Å²) in [5, 5.41) is 1.25. The summed E-state index contributed by atoms with van der Waals surface area (Å²) in [4.78, 5) is 6.17. The lowest BCUT2D eigenvalue weighted by atomic mass is 9.96. The molecule has 0 radical (unpaired) electrons. The molecular formula is C12H20N2OS. The highest BCUT2D eigenvalue weighted by Gasteiger charge is 2.21. The molecule has 4 heteroatoms. The van der Waals surface area contributed by atoms with E-state index in [1.165, 1.54) is 15.6 Å². The number of hydrogen-bond acceptors (Lipinski definition) is 4. The first-order valence-electron chi connectivity index (χ1n) is 6.05. The minimum Gasteiger partial charge on any atom is -0.381 e. The average Bonchev–Trinajstić information content (AvgIpc) is 2.69. The lowest BCUT2D eigenvalue weighted by molar-refractivity contribution is 0.0845. The lowest BCUT2D eigenvalue weighted by Crippen LogP contribution is -2.15. The predicted octanol–water partition coefficient (Wildman–Crippen LogP) is 2.24. The summed E-state index contributed by atoms with van der Waals surface area (Å²) in [6, 6.07) is 0. The number of aromatic nitrogens is 1. The molecule has 0 amide bonds. The second-order valence-corrected chi connectivity index (χ2v) is 5.62. The van der Waals surface area contributed by atoms with Gasteiger partial charge in [0.05, 0.1) is 10.7 Å². The first-order valence-corrected chi connectivity index (χ1v) is 6.87. The Kier molecular flexibility index (Phi) is 4.32. The van der Waals surface area contributed by atoms with Crippen LogP contribution in [-0.4, -0.2) is 24.7 Å². The molecule has 0 aliphatic carbocycles. The molecule has 1 saturated heterocycles. The van der Waals surface area contributed by atoms with Crippen molar-refractivity contribution in [3.63, 3.8) is 0 Å². The van der Waals surface area contributed by atoms with Crippen LogP contribution in [0.4, 0.5) is 0 Å². The Balaban J connectivity index is 2.04. The Bertz CT molecular complexity index is 332. The van der Waals surface area contributed by atoms with Gasteiger partial charge < -0.3 is 10.5 Å². The van der Waals surface area contributed by atoms with Gasteiger partial charge in [-0.2, -0.15) is 0 Å². The smallest absolute Gasteiger partial charge is 0.0931 e. The molecule has 3 nitrogen and oxygen atoms in total. The van der Waals surface area contributed by atoms with E-state index in [0.29, 0.717) is 5.92 Å². The summed E-state index contributed by atoms with van der Waals surface area (Å²) in [6.45, 7) is 4.72. The van der Waals surface area contributed by atoms with E-state index in [4.69, 9.17) is 15.5 Å². The van der Waals surface area contributed by atoms with Crippen LogP contribution in [0.15, 0.2) is 0 Å². The Hall–Kier alpha value is -0.450. The van der Waals surface area contributed by atoms with Crippen LogP contribution in [0.1, 0.15) is 40.8 Å². The van der Waals surface area contributed by atoms with Gasteiger partial charge >= 0.3 is 0 Å². The third-order valence-electron chi connectivity index (χ3n) is 3.08. The first-order chi connectivity index (χ1) is 7.81. The van der Waals surface area contributed by atoms with Crippen molar-refractivity contribution in [2.75, 3.05) is 19.8 Å². The highest BCUT2D eigenvalue weighted by molar-refractivity contribution is 7.11. The summed E-state index contributed by atoms with van der Waals surface area (Å²) in [7, 11) is 0.